The van der Waals surface area contributed by atoms with Crippen LogP contribution in [0.1, 0.15) is 18.4 Å². The maximum Gasteiger partial charge on any atom is 0.229 e. The highest BCUT2D eigenvalue weighted by Crippen LogP contribution is 2.29. The molecule has 2 aliphatic heterocycles. The van der Waals surface area contributed by atoms with Gasteiger partial charge < -0.3 is 15.4 Å². The van der Waals surface area contributed by atoms with Gasteiger partial charge in [-0.05, 0) is 37.0 Å². The van der Waals surface area contributed by atoms with Crippen LogP contribution < -0.4 is 10.6 Å². The molecule has 0 saturated carbocycles. The van der Waals surface area contributed by atoms with Crippen LogP contribution in [0.4, 0.5) is 0 Å². The van der Waals surface area contributed by atoms with E-state index in [9.17, 15) is 4.79 Å². The summed E-state index contributed by atoms with van der Waals surface area (Å²) in [6, 6.07) is 8.03. The molecule has 2 N–H and O–H groups in total. The number of hydrogen-bond donors (Lipinski definition) is 2. The fourth-order valence-electron chi connectivity index (χ4n) is 2.97. The molecule has 4 nitrogen and oxygen atoms in total. The summed E-state index contributed by atoms with van der Waals surface area (Å²) in [5.74, 6) is 0.170. The molecule has 1 aromatic rings. The van der Waals surface area contributed by atoms with Gasteiger partial charge >= 0.3 is 0 Å². The van der Waals surface area contributed by atoms with E-state index in [1.807, 2.05) is 24.3 Å². The second kappa shape index (κ2) is 6.34. The van der Waals surface area contributed by atoms with E-state index in [1.165, 1.54) is 0 Å². The van der Waals surface area contributed by atoms with E-state index < -0.39 is 0 Å². The zero-order valence-electron chi connectivity index (χ0n) is 12.0. The van der Waals surface area contributed by atoms with Crippen LogP contribution in [0.2, 0.25) is 5.02 Å². The molecule has 2 fully saturated rings. The van der Waals surface area contributed by atoms with Crippen LogP contribution in [-0.2, 0) is 16.0 Å². The van der Waals surface area contributed by atoms with Gasteiger partial charge in [-0.2, -0.15) is 0 Å². The second-order valence-corrected chi connectivity index (χ2v) is 6.48. The van der Waals surface area contributed by atoms with E-state index in [4.69, 9.17) is 16.3 Å². The number of nitrogens with one attached hydrogen (secondary N) is 2. The SMILES string of the molecule is O=C(NC1CCOCC1)C1(Cc2ccc(Cl)cc2)CNC1. The van der Waals surface area contributed by atoms with Crippen molar-refractivity contribution in [2.75, 3.05) is 26.3 Å². The van der Waals surface area contributed by atoms with Gasteiger partial charge in [-0.3, -0.25) is 4.79 Å². The minimum atomic E-state index is -0.313. The van der Waals surface area contributed by atoms with Crippen LogP contribution in [0.15, 0.2) is 24.3 Å². The molecule has 0 aromatic heterocycles. The van der Waals surface area contributed by atoms with Crippen molar-refractivity contribution in [3.05, 3.63) is 34.9 Å². The van der Waals surface area contributed by atoms with Crippen LogP contribution in [0.3, 0.4) is 0 Å². The van der Waals surface area contributed by atoms with Crippen LogP contribution in [0.5, 0.6) is 0 Å². The van der Waals surface area contributed by atoms with Crippen molar-refractivity contribution in [3.63, 3.8) is 0 Å². The zero-order chi connectivity index (χ0) is 14.7. The van der Waals surface area contributed by atoms with Gasteiger partial charge in [0.25, 0.3) is 0 Å². The molecule has 0 unspecified atom stereocenters. The molecular weight excluding hydrogens is 288 g/mol. The molecular formula is C16H21ClN2O2. The number of amides is 1. The molecule has 0 aliphatic carbocycles. The van der Waals surface area contributed by atoms with Crippen molar-refractivity contribution in [1.82, 2.24) is 10.6 Å². The van der Waals surface area contributed by atoms with Gasteiger partial charge in [0, 0.05) is 37.4 Å². The minimum absolute atomic E-state index is 0.170. The fraction of sp³-hybridized carbons (Fsp3) is 0.562. The summed E-state index contributed by atoms with van der Waals surface area (Å²) in [7, 11) is 0. The van der Waals surface area contributed by atoms with E-state index in [2.05, 4.69) is 10.6 Å². The standard InChI is InChI=1S/C16H21ClN2O2/c17-13-3-1-12(2-4-13)9-16(10-18-11-16)15(20)19-14-5-7-21-8-6-14/h1-4,14,18H,5-11H2,(H,19,20). The summed E-state index contributed by atoms with van der Waals surface area (Å²) < 4.78 is 5.34. The van der Waals surface area contributed by atoms with Gasteiger partial charge in [0.1, 0.15) is 0 Å². The Kier molecular flexibility index (Phi) is 4.48. The van der Waals surface area contributed by atoms with Crippen molar-refractivity contribution in [3.8, 4) is 0 Å². The summed E-state index contributed by atoms with van der Waals surface area (Å²) in [6.45, 7) is 2.97. The predicted octanol–water partition coefficient (Wildman–Crippen LogP) is 1.77. The van der Waals surface area contributed by atoms with Crippen molar-refractivity contribution in [1.29, 1.82) is 0 Å². The Balaban J connectivity index is 1.64. The maximum atomic E-state index is 12.7. The van der Waals surface area contributed by atoms with Crippen LogP contribution in [0.25, 0.3) is 0 Å². The molecule has 0 bridgehead atoms. The van der Waals surface area contributed by atoms with Crippen molar-refractivity contribution in [2.45, 2.75) is 25.3 Å². The molecule has 3 rings (SSSR count). The minimum Gasteiger partial charge on any atom is -0.381 e. The Morgan fingerprint density at radius 2 is 1.95 bits per heavy atom. The molecule has 0 radical (unpaired) electrons. The van der Waals surface area contributed by atoms with E-state index in [0.29, 0.717) is 0 Å². The van der Waals surface area contributed by atoms with Gasteiger partial charge in [0.05, 0.1) is 5.41 Å². The average molecular weight is 309 g/mol. The Morgan fingerprint density at radius 1 is 1.29 bits per heavy atom. The highest BCUT2D eigenvalue weighted by Gasteiger charge is 2.44. The van der Waals surface area contributed by atoms with Crippen LogP contribution in [-0.4, -0.2) is 38.3 Å². The first kappa shape index (κ1) is 14.8. The first-order valence-electron chi connectivity index (χ1n) is 7.52. The first-order valence-corrected chi connectivity index (χ1v) is 7.90. The van der Waals surface area contributed by atoms with Crippen molar-refractivity contribution in [2.24, 2.45) is 5.41 Å². The Bertz CT molecular complexity index is 494. The van der Waals surface area contributed by atoms with E-state index in [1.54, 1.807) is 0 Å². The molecule has 1 aromatic carbocycles. The number of ether oxygens (including phenoxy) is 1. The third-order valence-electron chi connectivity index (χ3n) is 4.42. The quantitative estimate of drug-likeness (QED) is 0.891. The third-order valence-corrected chi connectivity index (χ3v) is 4.67. The molecule has 21 heavy (non-hydrogen) atoms. The summed E-state index contributed by atoms with van der Waals surface area (Å²) in [5, 5.41) is 7.18. The Morgan fingerprint density at radius 3 is 2.52 bits per heavy atom. The van der Waals surface area contributed by atoms with E-state index in [0.717, 1.165) is 56.2 Å². The highest BCUT2D eigenvalue weighted by atomic mass is 35.5. The normalized spacial score (nSPS) is 21.6. The molecule has 5 heteroatoms. The lowest BCUT2D eigenvalue weighted by molar-refractivity contribution is -0.135. The third kappa shape index (κ3) is 3.39. The number of benzene rings is 1. The molecule has 0 atom stereocenters. The molecule has 0 spiro atoms. The summed E-state index contributed by atoms with van der Waals surface area (Å²) >= 11 is 5.92. The average Bonchev–Trinajstić information content (AvgIpc) is 2.46. The molecule has 2 aliphatic rings. The smallest absolute Gasteiger partial charge is 0.229 e. The summed E-state index contributed by atoms with van der Waals surface area (Å²) in [4.78, 5) is 12.7. The number of carbonyl (C=O) groups excluding carboxylic acids is 1. The zero-order valence-corrected chi connectivity index (χ0v) is 12.8. The van der Waals surface area contributed by atoms with E-state index >= 15 is 0 Å². The fourth-order valence-corrected chi connectivity index (χ4v) is 3.09. The predicted molar refractivity (Wildman–Crippen MR) is 82.4 cm³/mol. The van der Waals surface area contributed by atoms with Crippen LogP contribution >= 0.6 is 11.6 Å². The number of halogens is 1. The van der Waals surface area contributed by atoms with Crippen LogP contribution in [0, 0.1) is 5.41 Å². The molecule has 2 saturated heterocycles. The second-order valence-electron chi connectivity index (χ2n) is 6.05. The van der Waals surface area contributed by atoms with Gasteiger partial charge in [0.2, 0.25) is 5.91 Å². The van der Waals surface area contributed by atoms with Gasteiger partial charge in [-0.25, -0.2) is 0 Å². The highest BCUT2D eigenvalue weighted by molar-refractivity contribution is 6.30. The maximum absolute atomic E-state index is 12.7. The lowest BCUT2D eigenvalue weighted by Crippen LogP contribution is -2.63. The molecule has 1 amide bonds. The molecule has 2 heterocycles. The van der Waals surface area contributed by atoms with Crippen molar-refractivity contribution >= 4 is 17.5 Å². The van der Waals surface area contributed by atoms with Gasteiger partial charge in [-0.1, -0.05) is 23.7 Å². The first-order chi connectivity index (χ1) is 10.2. The summed E-state index contributed by atoms with van der Waals surface area (Å²) in [6.07, 6.45) is 2.58. The summed E-state index contributed by atoms with van der Waals surface area (Å²) in [5.41, 5.74) is 0.842. The lowest BCUT2D eigenvalue weighted by atomic mass is 9.75. The number of hydrogen-bond acceptors (Lipinski definition) is 3. The molecule has 114 valence electrons. The lowest BCUT2D eigenvalue weighted by Gasteiger charge is -2.42. The number of carbonyl (C=O) groups is 1. The van der Waals surface area contributed by atoms with Crippen molar-refractivity contribution < 1.29 is 9.53 Å². The largest absolute Gasteiger partial charge is 0.381 e. The number of rotatable bonds is 4. The Hall–Kier alpha value is -1.10. The monoisotopic (exact) mass is 308 g/mol. The van der Waals surface area contributed by atoms with Gasteiger partial charge in [0.15, 0.2) is 0 Å². The topological polar surface area (TPSA) is 50.4 Å². The Labute approximate surface area is 130 Å². The van der Waals surface area contributed by atoms with E-state index in [-0.39, 0.29) is 17.4 Å². The van der Waals surface area contributed by atoms with Gasteiger partial charge in [-0.15, -0.1) is 0 Å².